The quantitative estimate of drug-likeness (QED) is 0.652. The molecule has 0 bridgehead atoms. The van der Waals surface area contributed by atoms with E-state index >= 15 is 0 Å². The van der Waals surface area contributed by atoms with Gasteiger partial charge in [0, 0.05) is 5.70 Å². The predicted molar refractivity (Wildman–Crippen MR) is 53.8 cm³/mol. The molecule has 0 aliphatic heterocycles. The standard InChI is InChI=1S/C10H17NO3/c1-6(2)9(10(13)14)11-7(3)5-8(4)12/h5-6,9,11H,1-4H3,(H,13,14)/b7-5+. The van der Waals surface area contributed by atoms with Crippen LogP contribution in [0.15, 0.2) is 11.8 Å². The van der Waals surface area contributed by atoms with Crippen molar-refractivity contribution in [2.24, 2.45) is 5.92 Å². The van der Waals surface area contributed by atoms with Crippen LogP contribution in [0.3, 0.4) is 0 Å². The molecule has 0 fully saturated rings. The van der Waals surface area contributed by atoms with Gasteiger partial charge >= 0.3 is 5.97 Å². The molecule has 0 aromatic carbocycles. The van der Waals surface area contributed by atoms with Crippen LogP contribution in [0, 0.1) is 5.92 Å². The van der Waals surface area contributed by atoms with Gasteiger partial charge < -0.3 is 10.4 Å². The first-order valence-electron chi connectivity index (χ1n) is 4.52. The Morgan fingerprint density at radius 1 is 1.29 bits per heavy atom. The number of carboxylic acid groups (broad SMARTS) is 1. The number of carbonyl (C=O) groups excluding carboxylic acids is 1. The van der Waals surface area contributed by atoms with Crippen LogP contribution in [0.1, 0.15) is 27.7 Å². The van der Waals surface area contributed by atoms with Gasteiger partial charge in [0.1, 0.15) is 6.04 Å². The Bertz CT molecular complexity index is 256. The SMILES string of the molecule is CC(=O)/C=C(\C)NC(C(=O)O)C(C)C. The van der Waals surface area contributed by atoms with Crippen LogP contribution in [0.5, 0.6) is 0 Å². The summed E-state index contributed by atoms with van der Waals surface area (Å²) >= 11 is 0. The van der Waals surface area contributed by atoms with Gasteiger partial charge in [0.25, 0.3) is 0 Å². The Hall–Kier alpha value is -1.32. The third kappa shape index (κ3) is 4.64. The molecule has 0 aliphatic carbocycles. The molecule has 2 N–H and O–H groups in total. The zero-order valence-electron chi connectivity index (χ0n) is 9.00. The predicted octanol–water partition coefficient (Wildman–Crippen LogP) is 1.18. The lowest BCUT2D eigenvalue weighted by Crippen LogP contribution is -2.39. The third-order valence-electron chi connectivity index (χ3n) is 1.74. The van der Waals surface area contributed by atoms with Crippen LogP contribution < -0.4 is 5.32 Å². The Morgan fingerprint density at radius 2 is 1.79 bits per heavy atom. The van der Waals surface area contributed by atoms with Gasteiger partial charge in [0.15, 0.2) is 5.78 Å². The van der Waals surface area contributed by atoms with Gasteiger partial charge in [0.05, 0.1) is 0 Å². The number of hydrogen-bond donors (Lipinski definition) is 2. The van der Waals surface area contributed by atoms with Gasteiger partial charge in [-0.05, 0) is 25.8 Å². The van der Waals surface area contributed by atoms with E-state index in [9.17, 15) is 9.59 Å². The van der Waals surface area contributed by atoms with Crippen LogP contribution in [0.4, 0.5) is 0 Å². The molecular weight excluding hydrogens is 182 g/mol. The summed E-state index contributed by atoms with van der Waals surface area (Å²) in [6.07, 6.45) is 1.39. The highest BCUT2D eigenvalue weighted by atomic mass is 16.4. The van der Waals surface area contributed by atoms with E-state index in [4.69, 9.17) is 5.11 Å². The molecule has 4 heteroatoms. The molecule has 0 saturated heterocycles. The molecule has 80 valence electrons. The molecule has 4 nitrogen and oxygen atoms in total. The average Bonchev–Trinajstić information content (AvgIpc) is 1.97. The highest BCUT2D eigenvalue weighted by Gasteiger charge is 2.20. The summed E-state index contributed by atoms with van der Waals surface area (Å²) < 4.78 is 0. The minimum Gasteiger partial charge on any atom is -0.480 e. The fourth-order valence-electron chi connectivity index (χ4n) is 1.11. The van der Waals surface area contributed by atoms with Crippen molar-refractivity contribution in [1.29, 1.82) is 0 Å². The summed E-state index contributed by atoms with van der Waals surface area (Å²) in [5, 5.41) is 11.6. The summed E-state index contributed by atoms with van der Waals surface area (Å²) in [4.78, 5) is 21.5. The largest absolute Gasteiger partial charge is 0.480 e. The van der Waals surface area contributed by atoms with Crippen molar-refractivity contribution < 1.29 is 14.7 Å². The van der Waals surface area contributed by atoms with E-state index in [1.54, 1.807) is 6.92 Å². The van der Waals surface area contributed by atoms with Crippen molar-refractivity contribution >= 4 is 11.8 Å². The number of rotatable bonds is 5. The van der Waals surface area contributed by atoms with Crippen molar-refractivity contribution in [3.8, 4) is 0 Å². The second-order valence-electron chi connectivity index (χ2n) is 3.64. The van der Waals surface area contributed by atoms with E-state index in [-0.39, 0.29) is 11.7 Å². The highest BCUT2D eigenvalue weighted by Crippen LogP contribution is 2.04. The van der Waals surface area contributed by atoms with Gasteiger partial charge in [-0.25, -0.2) is 4.79 Å². The Kier molecular flexibility index (Phi) is 4.91. The molecule has 0 amide bonds. The van der Waals surface area contributed by atoms with Crippen LogP contribution in [-0.4, -0.2) is 22.9 Å². The first kappa shape index (κ1) is 12.7. The highest BCUT2D eigenvalue weighted by molar-refractivity contribution is 5.87. The molecule has 0 radical (unpaired) electrons. The first-order valence-corrected chi connectivity index (χ1v) is 4.52. The topological polar surface area (TPSA) is 66.4 Å². The molecule has 0 spiro atoms. The minimum atomic E-state index is -0.906. The molecule has 0 aliphatic rings. The molecule has 14 heavy (non-hydrogen) atoms. The van der Waals surface area contributed by atoms with Gasteiger partial charge in [-0.1, -0.05) is 13.8 Å². The van der Waals surface area contributed by atoms with Crippen molar-refractivity contribution in [2.45, 2.75) is 33.7 Å². The lowest BCUT2D eigenvalue weighted by atomic mass is 10.0. The number of carboxylic acids is 1. The van der Waals surface area contributed by atoms with E-state index in [2.05, 4.69) is 5.32 Å². The van der Waals surface area contributed by atoms with Crippen molar-refractivity contribution in [2.75, 3.05) is 0 Å². The molecule has 0 rings (SSSR count). The summed E-state index contributed by atoms with van der Waals surface area (Å²) in [5.41, 5.74) is 0.582. The number of aliphatic carboxylic acids is 1. The minimum absolute atomic E-state index is 0.0252. The zero-order valence-corrected chi connectivity index (χ0v) is 9.00. The maximum atomic E-state index is 10.8. The van der Waals surface area contributed by atoms with Gasteiger partial charge in [-0.3, -0.25) is 4.79 Å². The van der Waals surface area contributed by atoms with Crippen LogP contribution in [-0.2, 0) is 9.59 Å². The second-order valence-corrected chi connectivity index (χ2v) is 3.64. The number of nitrogens with one attached hydrogen (secondary N) is 1. The summed E-state index contributed by atoms with van der Waals surface area (Å²) in [6, 6.07) is -0.648. The average molecular weight is 199 g/mol. The first-order chi connectivity index (χ1) is 6.34. The number of carbonyl (C=O) groups is 2. The lowest BCUT2D eigenvalue weighted by Gasteiger charge is -2.19. The maximum absolute atomic E-state index is 10.8. The summed E-state index contributed by atoms with van der Waals surface area (Å²) in [7, 11) is 0. The lowest BCUT2D eigenvalue weighted by molar-refractivity contribution is -0.140. The van der Waals surface area contributed by atoms with Gasteiger partial charge in [-0.15, -0.1) is 0 Å². The van der Waals surface area contributed by atoms with E-state index in [0.29, 0.717) is 5.70 Å². The zero-order chi connectivity index (χ0) is 11.3. The molecule has 0 saturated carbocycles. The van der Waals surface area contributed by atoms with Crippen LogP contribution in [0.2, 0.25) is 0 Å². The Labute approximate surface area is 84.0 Å². The third-order valence-corrected chi connectivity index (χ3v) is 1.74. The summed E-state index contributed by atoms with van der Waals surface area (Å²) in [6.45, 7) is 6.73. The van der Waals surface area contributed by atoms with E-state index in [0.717, 1.165) is 0 Å². The maximum Gasteiger partial charge on any atom is 0.326 e. The number of allylic oxidation sites excluding steroid dienone is 2. The van der Waals surface area contributed by atoms with Crippen LogP contribution >= 0.6 is 0 Å². The van der Waals surface area contributed by atoms with Gasteiger partial charge in [-0.2, -0.15) is 0 Å². The Morgan fingerprint density at radius 3 is 2.07 bits per heavy atom. The van der Waals surface area contributed by atoms with Gasteiger partial charge in [0.2, 0.25) is 0 Å². The van der Waals surface area contributed by atoms with Crippen molar-refractivity contribution in [3.05, 3.63) is 11.8 Å². The molecule has 0 aromatic rings. The van der Waals surface area contributed by atoms with Crippen molar-refractivity contribution in [1.82, 2.24) is 5.32 Å². The van der Waals surface area contributed by atoms with E-state index in [1.807, 2.05) is 13.8 Å². The number of ketones is 1. The normalized spacial score (nSPS) is 13.9. The van der Waals surface area contributed by atoms with E-state index < -0.39 is 12.0 Å². The Balaban J connectivity index is 4.46. The molecule has 1 atom stereocenters. The monoisotopic (exact) mass is 199 g/mol. The molecule has 1 unspecified atom stereocenters. The molecular formula is C10H17NO3. The summed E-state index contributed by atoms with van der Waals surface area (Å²) in [5.74, 6) is -1.03. The van der Waals surface area contributed by atoms with Crippen LogP contribution in [0.25, 0.3) is 0 Å². The molecule has 0 heterocycles. The fraction of sp³-hybridized carbons (Fsp3) is 0.600. The van der Waals surface area contributed by atoms with Crippen molar-refractivity contribution in [3.63, 3.8) is 0 Å². The number of hydrogen-bond acceptors (Lipinski definition) is 3. The molecule has 0 aromatic heterocycles. The fourth-order valence-corrected chi connectivity index (χ4v) is 1.11. The van der Waals surface area contributed by atoms with E-state index in [1.165, 1.54) is 13.0 Å². The smallest absolute Gasteiger partial charge is 0.326 e. The second kappa shape index (κ2) is 5.42.